The highest BCUT2D eigenvalue weighted by molar-refractivity contribution is 8.15. The summed E-state index contributed by atoms with van der Waals surface area (Å²) >= 11 is 0.778. The fraction of sp³-hybridized carbons (Fsp3) is 0.556. The molecule has 1 heterocycles. The summed E-state index contributed by atoms with van der Waals surface area (Å²) in [6, 6.07) is 0. The number of nitrogens with zero attached hydrogens (tertiary/aromatic N) is 1. The van der Waals surface area contributed by atoms with Crippen LogP contribution >= 0.6 is 22.0 Å². The molecule has 0 atom stereocenters. The first-order chi connectivity index (χ1) is 7.99. The maximum absolute atomic E-state index is 11.4. The molecular formula is C9H13ClN2O4S2. The zero-order valence-electron chi connectivity index (χ0n) is 10.3. The minimum Gasteiger partial charge on any atom is -0.444 e. The number of hydrogen-bond donors (Lipinski definition) is 1. The van der Waals surface area contributed by atoms with E-state index in [1.165, 1.54) is 6.92 Å². The lowest BCUT2D eigenvalue weighted by Gasteiger charge is -2.18. The van der Waals surface area contributed by atoms with Crippen LogP contribution in [0.2, 0.25) is 0 Å². The van der Waals surface area contributed by atoms with E-state index in [-0.39, 0.29) is 15.0 Å². The predicted molar refractivity (Wildman–Crippen MR) is 69.7 cm³/mol. The van der Waals surface area contributed by atoms with E-state index >= 15 is 0 Å². The Hall–Kier alpha value is -0.860. The first-order valence-electron chi connectivity index (χ1n) is 4.91. The quantitative estimate of drug-likeness (QED) is 0.849. The average molecular weight is 313 g/mol. The van der Waals surface area contributed by atoms with Crippen LogP contribution in [0.1, 0.15) is 26.5 Å². The summed E-state index contributed by atoms with van der Waals surface area (Å²) in [4.78, 5) is 15.3. The first-order valence-corrected chi connectivity index (χ1v) is 8.04. The van der Waals surface area contributed by atoms with Crippen molar-refractivity contribution in [3.63, 3.8) is 0 Å². The summed E-state index contributed by atoms with van der Waals surface area (Å²) in [7, 11) is 1.37. The van der Waals surface area contributed by atoms with Gasteiger partial charge in [0.1, 0.15) is 5.60 Å². The lowest BCUT2D eigenvalue weighted by Crippen LogP contribution is -2.27. The second-order valence-corrected chi connectivity index (χ2v) is 8.22. The summed E-state index contributed by atoms with van der Waals surface area (Å²) in [5.74, 6) is 0. The van der Waals surface area contributed by atoms with Crippen molar-refractivity contribution in [1.82, 2.24) is 4.98 Å². The lowest BCUT2D eigenvalue weighted by molar-refractivity contribution is 0.0636. The standard InChI is InChI=1S/C9H13ClN2O4S2/c1-5-6(18(10,14)15)17-7(11-5)12-8(13)16-9(2,3)4/h1-4H3,(H,11,12,13). The van der Waals surface area contributed by atoms with Crippen molar-refractivity contribution in [3.8, 4) is 0 Å². The Morgan fingerprint density at radius 3 is 2.39 bits per heavy atom. The summed E-state index contributed by atoms with van der Waals surface area (Å²) in [6.45, 7) is 6.64. The van der Waals surface area contributed by atoms with Gasteiger partial charge in [-0.1, -0.05) is 11.3 Å². The van der Waals surface area contributed by atoms with E-state index < -0.39 is 20.7 Å². The van der Waals surface area contributed by atoms with Crippen LogP contribution in [0.25, 0.3) is 0 Å². The number of hydrogen-bond acceptors (Lipinski definition) is 6. The van der Waals surface area contributed by atoms with Crippen LogP contribution in [-0.2, 0) is 13.8 Å². The highest BCUT2D eigenvalue weighted by atomic mass is 35.7. The molecule has 0 saturated heterocycles. The van der Waals surface area contributed by atoms with Gasteiger partial charge in [0, 0.05) is 10.7 Å². The lowest BCUT2D eigenvalue weighted by atomic mass is 10.2. The third-order valence-electron chi connectivity index (χ3n) is 1.58. The third-order valence-corrected chi connectivity index (χ3v) is 4.83. The van der Waals surface area contributed by atoms with E-state index in [1.807, 2.05) is 0 Å². The van der Waals surface area contributed by atoms with Gasteiger partial charge < -0.3 is 4.74 Å². The molecule has 0 aliphatic heterocycles. The molecule has 0 spiro atoms. The fourth-order valence-electron chi connectivity index (χ4n) is 1.05. The number of ether oxygens (including phenoxy) is 1. The highest BCUT2D eigenvalue weighted by Gasteiger charge is 2.22. The minimum atomic E-state index is -3.85. The van der Waals surface area contributed by atoms with Crippen molar-refractivity contribution in [2.75, 3.05) is 5.32 Å². The van der Waals surface area contributed by atoms with Gasteiger partial charge in [-0.05, 0) is 27.7 Å². The van der Waals surface area contributed by atoms with Crippen LogP contribution in [-0.4, -0.2) is 25.1 Å². The van der Waals surface area contributed by atoms with Gasteiger partial charge in [0.2, 0.25) is 0 Å². The maximum atomic E-state index is 11.4. The summed E-state index contributed by atoms with van der Waals surface area (Å²) < 4.78 is 27.3. The molecule has 9 heteroatoms. The molecule has 0 aromatic carbocycles. The molecular weight excluding hydrogens is 300 g/mol. The molecule has 1 rings (SSSR count). The number of halogens is 1. The van der Waals surface area contributed by atoms with Crippen molar-refractivity contribution in [2.24, 2.45) is 0 Å². The Labute approximate surface area is 114 Å². The van der Waals surface area contributed by atoms with Crippen LogP contribution in [0.15, 0.2) is 4.21 Å². The number of amides is 1. The number of nitrogens with one attached hydrogen (secondary N) is 1. The molecule has 0 bridgehead atoms. The molecule has 0 fully saturated rings. The molecule has 6 nitrogen and oxygen atoms in total. The van der Waals surface area contributed by atoms with Gasteiger partial charge >= 0.3 is 6.09 Å². The normalized spacial score (nSPS) is 12.3. The van der Waals surface area contributed by atoms with E-state index in [4.69, 9.17) is 15.4 Å². The first kappa shape index (κ1) is 15.2. The molecule has 1 aromatic heterocycles. The van der Waals surface area contributed by atoms with Crippen LogP contribution in [0, 0.1) is 6.92 Å². The second kappa shape index (κ2) is 5.02. The van der Waals surface area contributed by atoms with Crippen LogP contribution in [0.4, 0.5) is 9.93 Å². The van der Waals surface area contributed by atoms with E-state index in [1.54, 1.807) is 20.8 Å². The molecule has 0 aliphatic rings. The highest BCUT2D eigenvalue weighted by Crippen LogP contribution is 2.29. The predicted octanol–water partition coefficient (Wildman–Crippen LogP) is 2.73. The molecule has 0 radical (unpaired) electrons. The largest absolute Gasteiger partial charge is 0.444 e. The number of aryl methyl sites for hydroxylation is 1. The van der Waals surface area contributed by atoms with E-state index in [0.717, 1.165) is 11.3 Å². The van der Waals surface area contributed by atoms with Crippen LogP contribution in [0.3, 0.4) is 0 Å². The number of aromatic nitrogens is 1. The van der Waals surface area contributed by atoms with Gasteiger partial charge in [-0.3, -0.25) is 5.32 Å². The van der Waals surface area contributed by atoms with E-state index in [0.29, 0.717) is 0 Å². The monoisotopic (exact) mass is 312 g/mol. The summed E-state index contributed by atoms with van der Waals surface area (Å²) in [5.41, 5.74) is -0.404. The second-order valence-electron chi connectivity index (χ2n) is 4.46. The topological polar surface area (TPSA) is 85.4 Å². The number of carbonyl (C=O) groups excluding carboxylic acids is 1. The maximum Gasteiger partial charge on any atom is 0.413 e. The summed E-state index contributed by atoms with van der Waals surface area (Å²) in [6.07, 6.45) is -0.699. The van der Waals surface area contributed by atoms with Crippen LogP contribution in [0.5, 0.6) is 0 Å². The van der Waals surface area contributed by atoms with Crippen LogP contribution < -0.4 is 5.32 Å². The molecule has 1 amide bonds. The van der Waals surface area contributed by atoms with Gasteiger partial charge in [-0.2, -0.15) is 0 Å². The molecule has 102 valence electrons. The molecule has 0 unspecified atom stereocenters. The molecule has 18 heavy (non-hydrogen) atoms. The van der Waals surface area contributed by atoms with Gasteiger partial charge in [0.15, 0.2) is 9.34 Å². The Morgan fingerprint density at radius 1 is 1.44 bits per heavy atom. The van der Waals surface area contributed by atoms with Gasteiger partial charge in [0.05, 0.1) is 5.69 Å². The fourth-order valence-corrected chi connectivity index (χ4v) is 3.39. The van der Waals surface area contributed by atoms with Crippen molar-refractivity contribution < 1.29 is 17.9 Å². The van der Waals surface area contributed by atoms with Crippen molar-refractivity contribution >= 4 is 42.3 Å². The van der Waals surface area contributed by atoms with Gasteiger partial charge in [0.25, 0.3) is 9.05 Å². The zero-order valence-corrected chi connectivity index (χ0v) is 12.7. The SMILES string of the molecule is Cc1nc(NC(=O)OC(C)(C)C)sc1S(=O)(=O)Cl. The van der Waals surface area contributed by atoms with Crippen molar-refractivity contribution in [2.45, 2.75) is 37.5 Å². The molecule has 0 aliphatic carbocycles. The number of anilines is 1. The number of carbonyl (C=O) groups is 1. The molecule has 1 N–H and O–H groups in total. The molecule has 0 saturated carbocycles. The Balaban J connectivity index is 2.85. The Bertz CT molecular complexity index is 560. The van der Waals surface area contributed by atoms with E-state index in [2.05, 4.69) is 10.3 Å². The summed E-state index contributed by atoms with van der Waals surface area (Å²) in [5, 5.41) is 2.48. The smallest absolute Gasteiger partial charge is 0.413 e. The van der Waals surface area contributed by atoms with Gasteiger partial charge in [-0.15, -0.1) is 0 Å². The zero-order chi connectivity index (χ0) is 14.1. The number of thiazole rings is 1. The van der Waals surface area contributed by atoms with Crippen molar-refractivity contribution in [3.05, 3.63) is 5.69 Å². The van der Waals surface area contributed by atoms with Crippen molar-refractivity contribution in [1.29, 1.82) is 0 Å². The average Bonchev–Trinajstić information content (AvgIpc) is 2.41. The molecule has 1 aromatic rings. The minimum absolute atomic E-state index is 0.0878. The Kier molecular flexibility index (Phi) is 4.24. The third kappa shape index (κ3) is 4.43. The Morgan fingerprint density at radius 2 is 2.00 bits per heavy atom. The van der Waals surface area contributed by atoms with Gasteiger partial charge in [-0.25, -0.2) is 18.2 Å². The number of rotatable bonds is 2. The van der Waals surface area contributed by atoms with E-state index in [9.17, 15) is 13.2 Å².